The van der Waals surface area contributed by atoms with E-state index in [0.29, 0.717) is 12.1 Å². The molecule has 5 nitrogen and oxygen atoms in total. The summed E-state index contributed by atoms with van der Waals surface area (Å²) in [6.45, 7) is 0.709. The molecule has 0 radical (unpaired) electrons. The molecule has 0 saturated heterocycles. The summed E-state index contributed by atoms with van der Waals surface area (Å²) in [6.07, 6.45) is 5.44. The lowest BCUT2D eigenvalue weighted by atomic mass is 10.0. The fourth-order valence-electron chi connectivity index (χ4n) is 3.11. The Morgan fingerprint density at radius 1 is 1.07 bits per heavy atom. The number of hydrogen-bond donors (Lipinski definition) is 3. The van der Waals surface area contributed by atoms with E-state index in [4.69, 9.17) is 5.73 Å². The molecule has 4 N–H and O–H groups in total. The summed E-state index contributed by atoms with van der Waals surface area (Å²) < 4.78 is 0. The van der Waals surface area contributed by atoms with Crippen LogP contribution in [0.5, 0.6) is 0 Å². The first-order chi connectivity index (χ1) is 13.7. The predicted octanol–water partition coefficient (Wildman–Crippen LogP) is 4.20. The molecule has 5 heteroatoms. The summed E-state index contributed by atoms with van der Waals surface area (Å²) in [5.74, 6) is -0.466. The van der Waals surface area contributed by atoms with Crippen molar-refractivity contribution in [2.75, 3.05) is 5.32 Å². The second-order valence-electron chi connectivity index (χ2n) is 6.49. The van der Waals surface area contributed by atoms with Gasteiger partial charge in [0.2, 0.25) is 5.91 Å². The van der Waals surface area contributed by atoms with E-state index in [-0.39, 0.29) is 0 Å². The molecule has 0 fully saturated rings. The first kappa shape index (κ1) is 17.5. The number of nitrogens with zero attached hydrogens (tertiary/aromatic N) is 1. The lowest BCUT2D eigenvalue weighted by Gasteiger charge is -2.07. The van der Waals surface area contributed by atoms with Crippen LogP contribution in [0.1, 0.15) is 16.7 Å². The summed E-state index contributed by atoms with van der Waals surface area (Å²) in [4.78, 5) is 19.6. The Morgan fingerprint density at radius 3 is 2.50 bits per heavy atom. The van der Waals surface area contributed by atoms with Crippen LogP contribution in [0.2, 0.25) is 0 Å². The zero-order valence-corrected chi connectivity index (χ0v) is 15.2. The molecule has 28 heavy (non-hydrogen) atoms. The summed E-state index contributed by atoms with van der Waals surface area (Å²) in [5.41, 5.74) is 10.6. The number of rotatable bonds is 6. The van der Waals surface area contributed by atoms with Gasteiger partial charge in [-0.15, -0.1) is 0 Å². The minimum absolute atomic E-state index is 0.462. The van der Waals surface area contributed by atoms with Crippen molar-refractivity contribution in [3.63, 3.8) is 0 Å². The zero-order chi connectivity index (χ0) is 19.3. The maximum Gasteiger partial charge on any atom is 0.249 e. The molecule has 138 valence electrons. The third-order valence-corrected chi connectivity index (χ3v) is 4.55. The summed E-state index contributed by atoms with van der Waals surface area (Å²) in [7, 11) is 0. The van der Waals surface area contributed by atoms with E-state index < -0.39 is 5.91 Å². The molecule has 0 saturated carbocycles. The highest BCUT2D eigenvalue weighted by molar-refractivity contribution is 6.24. The van der Waals surface area contributed by atoms with Crippen molar-refractivity contribution in [3.05, 3.63) is 95.8 Å². The number of nitrogens with two attached hydrogens (primary N) is 1. The summed E-state index contributed by atoms with van der Waals surface area (Å²) in [6, 6.07) is 21.6. The van der Waals surface area contributed by atoms with Crippen LogP contribution in [-0.4, -0.2) is 15.9 Å². The number of benzene rings is 2. The highest BCUT2D eigenvalue weighted by atomic mass is 16.1. The smallest absolute Gasteiger partial charge is 0.249 e. The SMILES string of the molecule is NC(=O)/C(=C/c1c[nH]c2ncc(NCc3ccccc3)cc12)c1ccccc1. The standard InChI is InChI=1S/C23H20N4O/c24-22(28)20(17-9-5-2-6-10-17)11-18-14-26-23-21(18)12-19(15-27-23)25-13-16-7-3-1-4-8-16/h1-12,14-15,25H,13H2,(H2,24,28)(H,26,27)/b20-11+. The molecule has 0 aliphatic heterocycles. The fourth-order valence-corrected chi connectivity index (χ4v) is 3.11. The van der Waals surface area contributed by atoms with Crippen LogP contribution in [0.3, 0.4) is 0 Å². The number of H-pyrrole nitrogens is 1. The van der Waals surface area contributed by atoms with Crippen LogP contribution < -0.4 is 11.1 Å². The van der Waals surface area contributed by atoms with Gasteiger partial charge >= 0.3 is 0 Å². The Bertz CT molecular complexity index is 1130. The van der Waals surface area contributed by atoms with Gasteiger partial charge in [0.1, 0.15) is 5.65 Å². The van der Waals surface area contributed by atoms with Crippen LogP contribution in [0.25, 0.3) is 22.7 Å². The lowest BCUT2D eigenvalue weighted by molar-refractivity contribution is -0.112. The van der Waals surface area contributed by atoms with Gasteiger partial charge in [0.05, 0.1) is 11.9 Å². The van der Waals surface area contributed by atoms with Gasteiger partial charge < -0.3 is 16.0 Å². The molecule has 0 bridgehead atoms. The minimum atomic E-state index is -0.466. The first-order valence-electron chi connectivity index (χ1n) is 9.02. The number of carbonyl (C=O) groups excluding carboxylic acids is 1. The molecule has 0 atom stereocenters. The van der Waals surface area contributed by atoms with E-state index in [0.717, 1.165) is 27.8 Å². The number of amides is 1. The van der Waals surface area contributed by atoms with Crippen molar-refractivity contribution < 1.29 is 4.79 Å². The van der Waals surface area contributed by atoms with E-state index in [2.05, 4.69) is 27.4 Å². The van der Waals surface area contributed by atoms with Crippen LogP contribution in [0, 0.1) is 0 Å². The van der Waals surface area contributed by atoms with Gasteiger partial charge in [-0.25, -0.2) is 4.98 Å². The topological polar surface area (TPSA) is 83.8 Å². The van der Waals surface area contributed by atoms with E-state index in [9.17, 15) is 4.79 Å². The molecule has 2 aromatic carbocycles. The van der Waals surface area contributed by atoms with Crippen molar-refractivity contribution in [2.24, 2.45) is 5.73 Å². The van der Waals surface area contributed by atoms with Crippen molar-refractivity contribution in [1.29, 1.82) is 0 Å². The minimum Gasteiger partial charge on any atom is -0.380 e. The fraction of sp³-hybridized carbons (Fsp3) is 0.0435. The Hall–Kier alpha value is -3.86. The molecule has 0 aliphatic carbocycles. The first-order valence-corrected chi connectivity index (χ1v) is 9.02. The van der Waals surface area contributed by atoms with Gasteiger partial charge in [0, 0.05) is 29.3 Å². The molecule has 0 spiro atoms. The number of primary amides is 1. The Kier molecular flexibility index (Phi) is 4.89. The Labute approximate surface area is 162 Å². The van der Waals surface area contributed by atoms with Gasteiger partial charge in [-0.3, -0.25) is 4.79 Å². The van der Waals surface area contributed by atoms with E-state index in [1.807, 2.05) is 60.8 Å². The molecular formula is C23H20N4O. The maximum atomic E-state index is 12.0. The number of pyridine rings is 1. The second kappa shape index (κ2) is 7.80. The van der Waals surface area contributed by atoms with Crippen LogP contribution >= 0.6 is 0 Å². The van der Waals surface area contributed by atoms with E-state index in [1.165, 1.54) is 5.56 Å². The number of nitrogens with one attached hydrogen (secondary N) is 2. The predicted molar refractivity (Wildman–Crippen MR) is 113 cm³/mol. The van der Waals surface area contributed by atoms with Crippen molar-refractivity contribution in [2.45, 2.75) is 6.54 Å². The molecule has 1 amide bonds. The molecule has 0 unspecified atom stereocenters. The largest absolute Gasteiger partial charge is 0.380 e. The monoisotopic (exact) mass is 368 g/mol. The van der Waals surface area contributed by atoms with Crippen molar-refractivity contribution in [1.82, 2.24) is 9.97 Å². The highest BCUT2D eigenvalue weighted by Crippen LogP contribution is 2.25. The summed E-state index contributed by atoms with van der Waals surface area (Å²) in [5, 5.41) is 4.31. The number of anilines is 1. The van der Waals surface area contributed by atoms with Crippen molar-refractivity contribution in [3.8, 4) is 0 Å². The lowest BCUT2D eigenvalue weighted by Crippen LogP contribution is -2.12. The molecule has 2 aromatic heterocycles. The Morgan fingerprint density at radius 2 is 1.79 bits per heavy atom. The van der Waals surface area contributed by atoms with E-state index >= 15 is 0 Å². The average Bonchev–Trinajstić information content (AvgIpc) is 3.14. The maximum absolute atomic E-state index is 12.0. The van der Waals surface area contributed by atoms with Crippen molar-refractivity contribution >= 4 is 34.3 Å². The number of fused-ring (bicyclic) bond motifs is 1. The highest BCUT2D eigenvalue weighted by Gasteiger charge is 2.11. The zero-order valence-electron chi connectivity index (χ0n) is 15.2. The number of aromatic nitrogens is 2. The molecule has 4 aromatic rings. The number of hydrogen-bond acceptors (Lipinski definition) is 3. The van der Waals surface area contributed by atoms with Crippen LogP contribution in [0.4, 0.5) is 5.69 Å². The summed E-state index contributed by atoms with van der Waals surface area (Å²) >= 11 is 0. The average molecular weight is 368 g/mol. The number of carbonyl (C=O) groups is 1. The van der Waals surface area contributed by atoms with Gasteiger partial charge in [-0.2, -0.15) is 0 Å². The molecule has 0 aliphatic rings. The van der Waals surface area contributed by atoms with E-state index in [1.54, 1.807) is 12.3 Å². The normalized spacial score (nSPS) is 11.5. The van der Waals surface area contributed by atoms with Gasteiger partial charge in [-0.1, -0.05) is 60.7 Å². The third kappa shape index (κ3) is 3.78. The Balaban J connectivity index is 1.66. The second-order valence-corrected chi connectivity index (χ2v) is 6.49. The van der Waals surface area contributed by atoms with Gasteiger partial charge in [0.15, 0.2) is 0 Å². The van der Waals surface area contributed by atoms with Crippen LogP contribution in [-0.2, 0) is 11.3 Å². The molecule has 4 rings (SSSR count). The van der Waals surface area contributed by atoms with Crippen LogP contribution in [0.15, 0.2) is 79.1 Å². The van der Waals surface area contributed by atoms with Gasteiger partial charge in [0.25, 0.3) is 0 Å². The van der Waals surface area contributed by atoms with Gasteiger partial charge in [-0.05, 0) is 23.3 Å². The third-order valence-electron chi connectivity index (χ3n) is 4.55. The quantitative estimate of drug-likeness (QED) is 0.446. The molecule has 2 heterocycles. The number of aromatic amines is 1. The molecular weight excluding hydrogens is 348 g/mol.